The molecule has 2 nitrogen and oxygen atoms in total. The molecule has 1 heterocycles. The van der Waals surface area contributed by atoms with Crippen molar-refractivity contribution in [3.63, 3.8) is 0 Å². The summed E-state index contributed by atoms with van der Waals surface area (Å²) in [4.78, 5) is 1.23. The molecular weight excluding hydrogens is 290 g/mol. The van der Waals surface area contributed by atoms with Gasteiger partial charge in [-0.3, -0.25) is 0 Å². The van der Waals surface area contributed by atoms with Gasteiger partial charge in [0, 0.05) is 12.0 Å². The van der Waals surface area contributed by atoms with Gasteiger partial charge in [0.15, 0.2) is 0 Å². The zero-order valence-electron chi connectivity index (χ0n) is 12.7. The summed E-state index contributed by atoms with van der Waals surface area (Å²) in [6.07, 6.45) is 5.82. The fourth-order valence-electron chi connectivity index (χ4n) is 3.18. The smallest absolute Gasteiger partial charge is 0.0881 e. The number of nitrogens with one attached hydrogen (secondary N) is 1. The van der Waals surface area contributed by atoms with Crippen molar-refractivity contribution in [1.29, 1.82) is 0 Å². The minimum absolute atomic E-state index is 0.101. The van der Waals surface area contributed by atoms with E-state index in [1.807, 2.05) is 13.2 Å². The molecule has 0 saturated heterocycles. The zero-order valence-corrected chi connectivity index (χ0v) is 14.3. The van der Waals surface area contributed by atoms with Crippen molar-refractivity contribution in [3.8, 4) is 0 Å². The van der Waals surface area contributed by atoms with E-state index in [0.717, 1.165) is 36.7 Å². The van der Waals surface area contributed by atoms with Crippen LogP contribution in [0.1, 0.15) is 56.9 Å². The molecule has 114 valence electrons. The van der Waals surface area contributed by atoms with E-state index in [4.69, 9.17) is 16.3 Å². The Hall–Kier alpha value is -0.0900. The van der Waals surface area contributed by atoms with Gasteiger partial charge < -0.3 is 10.1 Å². The Morgan fingerprint density at radius 3 is 2.70 bits per heavy atom. The van der Waals surface area contributed by atoms with Gasteiger partial charge in [-0.2, -0.15) is 0 Å². The highest BCUT2D eigenvalue weighted by Gasteiger charge is 2.43. The minimum atomic E-state index is -0.101. The van der Waals surface area contributed by atoms with Crippen molar-refractivity contribution >= 4 is 22.9 Å². The quantitative estimate of drug-likeness (QED) is 0.794. The van der Waals surface area contributed by atoms with Crippen LogP contribution in [0.15, 0.2) is 11.4 Å². The normalized spacial score (nSPS) is 28.5. The number of hydrogen-bond acceptors (Lipinski definition) is 3. The second-order valence-electron chi connectivity index (χ2n) is 5.97. The number of ether oxygens (including phenoxy) is 1. The van der Waals surface area contributed by atoms with Gasteiger partial charge in [0.2, 0.25) is 0 Å². The molecule has 20 heavy (non-hydrogen) atoms. The number of rotatable bonds is 6. The van der Waals surface area contributed by atoms with Crippen LogP contribution in [0.5, 0.6) is 0 Å². The summed E-state index contributed by atoms with van der Waals surface area (Å²) in [6, 6.07) is 2.21. The molecule has 2 rings (SSSR count). The Kier molecular flexibility index (Phi) is 5.91. The maximum Gasteiger partial charge on any atom is 0.0881 e. The van der Waals surface area contributed by atoms with Crippen molar-refractivity contribution in [3.05, 3.63) is 21.3 Å². The number of halogens is 1. The Labute approximate surface area is 131 Å². The molecule has 1 aromatic heterocycles. The van der Waals surface area contributed by atoms with Gasteiger partial charge in [0.25, 0.3) is 0 Å². The topological polar surface area (TPSA) is 21.3 Å². The fraction of sp³-hybridized carbons (Fsp3) is 0.750. The van der Waals surface area contributed by atoms with Crippen molar-refractivity contribution in [2.24, 2.45) is 5.92 Å². The van der Waals surface area contributed by atoms with Crippen LogP contribution in [0, 0.1) is 5.92 Å². The van der Waals surface area contributed by atoms with E-state index in [0.29, 0.717) is 0 Å². The summed E-state index contributed by atoms with van der Waals surface area (Å²) in [6.45, 7) is 5.54. The van der Waals surface area contributed by atoms with E-state index in [1.54, 1.807) is 11.3 Å². The molecule has 4 heteroatoms. The average Bonchev–Trinajstić information content (AvgIpc) is 2.88. The number of hydrogen-bond donors (Lipinski definition) is 1. The van der Waals surface area contributed by atoms with E-state index in [9.17, 15) is 0 Å². The summed E-state index contributed by atoms with van der Waals surface area (Å²) in [5.74, 6) is 0.809. The molecule has 0 aromatic carbocycles. The van der Waals surface area contributed by atoms with Crippen LogP contribution in [0.4, 0.5) is 0 Å². The minimum Gasteiger partial charge on any atom is -0.376 e. The van der Waals surface area contributed by atoms with Crippen molar-refractivity contribution in [1.82, 2.24) is 5.32 Å². The highest BCUT2D eigenvalue weighted by Crippen LogP contribution is 2.45. The van der Waals surface area contributed by atoms with Gasteiger partial charge in [-0.15, -0.1) is 11.3 Å². The van der Waals surface area contributed by atoms with Gasteiger partial charge in [0.05, 0.1) is 16.7 Å². The summed E-state index contributed by atoms with van der Waals surface area (Å²) >= 11 is 8.14. The van der Waals surface area contributed by atoms with E-state index in [2.05, 4.69) is 24.5 Å². The number of methoxy groups -OCH3 is 1. The van der Waals surface area contributed by atoms with Gasteiger partial charge in [-0.1, -0.05) is 25.4 Å². The first-order chi connectivity index (χ1) is 9.63. The molecule has 1 atom stereocenters. The standard InChI is InChI=1S/C16H26ClNOS/c1-4-10-18-15(14-13(17)7-11-20-14)16(19-3)8-5-12(2)6-9-16/h7,11-12,15,18H,4-6,8-10H2,1-3H3. The average molecular weight is 316 g/mol. The third-order valence-electron chi connectivity index (χ3n) is 4.56. The largest absolute Gasteiger partial charge is 0.376 e. The molecule has 1 unspecified atom stereocenters. The Morgan fingerprint density at radius 2 is 2.20 bits per heavy atom. The lowest BCUT2D eigenvalue weighted by Crippen LogP contribution is -2.47. The maximum atomic E-state index is 6.40. The van der Waals surface area contributed by atoms with Crippen LogP contribution >= 0.6 is 22.9 Å². The summed E-state index contributed by atoms with van der Waals surface area (Å²) < 4.78 is 6.05. The van der Waals surface area contributed by atoms with Gasteiger partial charge >= 0.3 is 0 Å². The van der Waals surface area contributed by atoms with Crippen LogP contribution in [-0.2, 0) is 4.74 Å². The van der Waals surface area contributed by atoms with Crippen LogP contribution in [0.25, 0.3) is 0 Å². The summed E-state index contributed by atoms with van der Waals surface area (Å²) in [5, 5.41) is 6.64. The van der Waals surface area contributed by atoms with Crippen molar-refractivity contribution in [2.45, 2.75) is 57.6 Å². The summed E-state index contributed by atoms with van der Waals surface area (Å²) in [7, 11) is 1.86. The maximum absolute atomic E-state index is 6.40. The third-order valence-corrected chi connectivity index (χ3v) is 5.98. The lowest BCUT2D eigenvalue weighted by Gasteiger charge is -2.44. The van der Waals surface area contributed by atoms with Crippen LogP contribution < -0.4 is 5.32 Å². The third kappa shape index (κ3) is 3.38. The predicted molar refractivity (Wildman–Crippen MR) is 87.7 cm³/mol. The first-order valence-electron chi connectivity index (χ1n) is 7.64. The van der Waals surface area contributed by atoms with Crippen molar-refractivity contribution in [2.75, 3.05) is 13.7 Å². The molecule has 0 aliphatic heterocycles. The molecule has 1 aromatic rings. The molecule has 0 spiro atoms. The molecule has 0 bridgehead atoms. The highest BCUT2D eigenvalue weighted by atomic mass is 35.5. The lowest BCUT2D eigenvalue weighted by atomic mass is 9.74. The van der Waals surface area contributed by atoms with Gasteiger partial charge in [-0.05, 0) is 56.0 Å². The SMILES string of the molecule is CCCNC(c1sccc1Cl)C1(OC)CCC(C)CC1. The second kappa shape index (κ2) is 7.26. The van der Waals surface area contributed by atoms with E-state index in [-0.39, 0.29) is 11.6 Å². The highest BCUT2D eigenvalue weighted by molar-refractivity contribution is 7.10. The Bertz CT molecular complexity index is 412. The number of thiophene rings is 1. The van der Waals surface area contributed by atoms with Gasteiger partial charge in [-0.25, -0.2) is 0 Å². The molecule has 1 aliphatic rings. The molecule has 1 saturated carbocycles. The monoisotopic (exact) mass is 315 g/mol. The Balaban J connectivity index is 2.26. The van der Waals surface area contributed by atoms with E-state index >= 15 is 0 Å². The summed E-state index contributed by atoms with van der Waals surface area (Å²) in [5.41, 5.74) is -0.101. The van der Waals surface area contributed by atoms with E-state index < -0.39 is 0 Å². The van der Waals surface area contributed by atoms with Gasteiger partial charge in [0.1, 0.15) is 0 Å². The van der Waals surface area contributed by atoms with Crippen LogP contribution in [-0.4, -0.2) is 19.3 Å². The molecule has 0 radical (unpaired) electrons. The molecule has 1 N–H and O–H groups in total. The van der Waals surface area contributed by atoms with Crippen molar-refractivity contribution < 1.29 is 4.74 Å². The molecule has 0 amide bonds. The predicted octanol–water partition coefficient (Wildman–Crippen LogP) is 5.04. The first-order valence-corrected chi connectivity index (χ1v) is 8.90. The second-order valence-corrected chi connectivity index (χ2v) is 7.33. The Morgan fingerprint density at radius 1 is 1.50 bits per heavy atom. The van der Waals surface area contributed by atoms with Crippen LogP contribution in [0.3, 0.4) is 0 Å². The lowest BCUT2D eigenvalue weighted by molar-refractivity contribution is -0.0752. The fourth-order valence-corrected chi connectivity index (χ4v) is 4.53. The van der Waals surface area contributed by atoms with Crippen LogP contribution in [0.2, 0.25) is 5.02 Å². The molecular formula is C16H26ClNOS. The molecule has 1 fully saturated rings. The zero-order chi connectivity index (χ0) is 14.6. The van der Waals surface area contributed by atoms with E-state index in [1.165, 1.54) is 17.7 Å². The molecule has 1 aliphatic carbocycles. The first kappa shape index (κ1) is 16.3.